The van der Waals surface area contributed by atoms with Crippen molar-refractivity contribution in [1.29, 1.82) is 0 Å². The smallest absolute Gasteiger partial charge is 0.339 e. The first kappa shape index (κ1) is 28.0. The molecule has 0 saturated carbocycles. The van der Waals surface area contributed by atoms with Gasteiger partial charge in [0.05, 0.1) is 50.7 Å². The number of esters is 4. The Morgan fingerprint density at radius 3 is 1.07 bits per heavy atom. The molecule has 0 N–H and O–H groups in total. The van der Waals surface area contributed by atoms with E-state index in [1.54, 1.807) is 12.1 Å². The SMILES string of the molecule is COC(=O)c1cc2c(ccc3c(-c4ccccc4)c(C(=O)OC)c(C(=O)OC)cc32)c(-c2ccccc2)c1C(=O)OC. The molecule has 0 heterocycles. The van der Waals surface area contributed by atoms with Crippen LogP contribution in [0.25, 0.3) is 43.8 Å². The molecule has 0 fully saturated rings. The first-order valence-corrected chi connectivity index (χ1v) is 12.9. The van der Waals surface area contributed by atoms with E-state index in [4.69, 9.17) is 18.9 Å². The van der Waals surface area contributed by atoms with Gasteiger partial charge in [0, 0.05) is 11.1 Å². The maximum atomic E-state index is 13.2. The second-order valence-electron chi connectivity index (χ2n) is 9.30. The molecule has 0 aliphatic heterocycles. The van der Waals surface area contributed by atoms with E-state index in [-0.39, 0.29) is 22.3 Å². The lowest BCUT2D eigenvalue weighted by Gasteiger charge is -2.20. The Labute approximate surface area is 241 Å². The largest absolute Gasteiger partial charge is 0.465 e. The molecule has 0 bridgehead atoms. The van der Waals surface area contributed by atoms with Crippen molar-refractivity contribution < 1.29 is 38.1 Å². The third-order valence-electron chi connectivity index (χ3n) is 7.16. The molecule has 8 nitrogen and oxygen atoms in total. The summed E-state index contributed by atoms with van der Waals surface area (Å²) in [5, 5.41) is 2.31. The maximum absolute atomic E-state index is 13.2. The summed E-state index contributed by atoms with van der Waals surface area (Å²) in [6.07, 6.45) is 0. The molecule has 210 valence electrons. The van der Waals surface area contributed by atoms with E-state index in [9.17, 15) is 19.2 Å². The Balaban J connectivity index is 2.08. The molecular formula is C34H26O8. The summed E-state index contributed by atoms with van der Waals surface area (Å²) in [4.78, 5) is 52.7. The van der Waals surface area contributed by atoms with Crippen LogP contribution in [0.5, 0.6) is 0 Å². The first-order valence-electron chi connectivity index (χ1n) is 12.9. The van der Waals surface area contributed by atoms with Crippen molar-refractivity contribution in [2.24, 2.45) is 0 Å². The molecule has 0 atom stereocenters. The summed E-state index contributed by atoms with van der Waals surface area (Å²) in [7, 11) is 4.94. The minimum atomic E-state index is -0.742. The van der Waals surface area contributed by atoms with E-state index >= 15 is 0 Å². The highest BCUT2D eigenvalue weighted by Crippen LogP contribution is 2.43. The third kappa shape index (κ3) is 4.62. The number of hydrogen-bond acceptors (Lipinski definition) is 8. The average molecular weight is 563 g/mol. The highest BCUT2D eigenvalue weighted by Gasteiger charge is 2.30. The molecular weight excluding hydrogens is 536 g/mol. The fraction of sp³-hybridized carbons (Fsp3) is 0.118. The molecule has 0 unspecified atom stereocenters. The monoisotopic (exact) mass is 562 g/mol. The number of fused-ring (bicyclic) bond motifs is 3. The predicted octanol–water partition coefficient (Wildman–Crippen LogP) is 6.47. The van der Waals surface area contributed by atoms with E-state index in [1.807, 2.05) is 72.8 Å². The highest BCUT2D eigenvalue weighted by atomic mass is 16.5. The number of carbonyl (C=O) groups is 4. The first-order chi connectivity index (χ1) is 20.4. The van der Waals surface area contributed by atoms with Crippen LogP contribution >= 0.6 is 0 Å². The van der Waals surface area contributed by atoms with Gasteiger partial charge in [-0.25, -0.2) is 19.2 Å². The number of carbonyl (C=O) groups excluding carboxylic acids is 4. The van der Waals surface area contributed by atoms with Gasteiger partial charge in [0.1, 0.15) is 0 Å². The summed E-state index contributed by atoms with van der Waals surface area (Å²) in [6.45, 7) is 0. The summed E-state index contributed by atoms with van der Waals surface area (Å²) < 4.78 is 20.4. The maximum Gasteiger partial charge on any atom is 0.339 e. The van der Waals surface area contributed by atoms with Crippen molar-refractivity contribution in [3.05, 3.63) is 107 Å². The Morgan fingerprint density at radius 1 is 0.429 bits per heavy atom. The average Bonchev–Trinajstić information content (AvgIpc) is 3.05. The topological polar surface area (TPSA) is 105 Å². The normalized spacial score (nSPS) is 10.8. The van der Waals surface area contributed by atoms with Crippen molar-refractivity contribution in [3.8, 4) is 22.3 Å². The lowest BCUT2D eigenvalue weighted by atomic mass is 9.84. The van der Waals surface area contributed by atoms with Crippen LogP contribution in [0.3, 0.4) is 0 Å². The number of benzene rings is 5. The predicted molar refractivity (Wildman–Crippen MR) is 158 cm³/mol. The van der Waals surface area contributed by atoms with Crippen LogP contribution in [-0.2, 0) is 18.9 Å². The van der Waals surface area contributed by atoms with Gasteiger partial charge in [-0.15, -0.1) is 0 Å². The fourth-order valence-electron chi connectivity index (χ4n) is 5.33. The van der Waals surface area contributed by atoms with Crippen LogP contribution in [0, 0.1) is 0 Å². The van der Waals surface area contributed by atoms with Crippen LogP contribution in [-0.4, -0.2) is 52.3 Å². The Hall–Kier alpha value is -5.50. The van der Waals surface area contributed by atoms with Crippen molar-refractivity contribution in [2.75, 3.05) is 28.4 Å². The van der Waals surface area contributed by atoms with Gasteiger partial charge in [-0.2, -0.15) is 0 Å². The molecule has 42 heavy (non-hydrogen) atoms. The van der Waals surface area contributed by atoms with Gasteiger partial charge < -0.3 is 18.9 Å². The summed E-state index contributed by atoms with van der Waals surface area (Å²) in [6, 6.07) is 25.0. The highest BCUT2D eigenvalue weighted by molar-refractivity contribution is 6.25. The molecule has 5 rings (SSSR count). The van der Waals surface area contributed by atoms with Crippen LogP contribution in [0.1, 0.15) is 41.4 Å². The number of rotatable bonds is 6. The van der Waals surface area contributed by atoms with Crippen LogP contribution in [0.2, 0.25) is 0 Å². The molecule has 0 aliphatic carbocycles. The van der Waals surface area contributed by atoms with Crippen LogP contribution in [0.15, 0.2) is 84.9 Å². The van der Waals surface area contributed by atoms with Gasteiger partial charge >= 0.3 is 23.9 Å². The van der Waals surface area contributed by atoms with Gasteiger partial charge in [0.2, 0.25) is 0 Å². The molecule has 0 aliphatic rings. The summed E-state index contributed by atoms with van der Waals surface area (Å²) in [5.74, 6) is -2.90. The fourth-order valence-corrected chi connectivity index (χ4v) is 5.33. The zero-order valence-electron chi connectivity index (χ0n) is 23.3. The Bertz CT molecular complexity index is 1740. The molecule has 0 radical (unpaired) electrons. The quantitative estimate of drug-likeness (QED) is 0.132. The van der Waals surface area contributed by atoms with Gasteiger partial charge in [-0.1, -0.05) is 72.8 Å². The molecule has 0 amide bonds. The standard InChI is InChI=1S/C34H26O8/c1-39-31(35)25-17-23-21(27(29(25)33(37)41-3)19-11-7-5-8-12-19)15-16-22-24(23)18-26(32(36)40-2)30(34(38)42-4)28(22)20-13-9-6-10-14-20/h5-18H,1-4H3. The Kier molecular flexibility index (Phi) is 7.71. The van der Waals surface area contributed by atoms with E-state index in [0.29, 0.717) is 43.8 Å². The number of hydrogen-bond donors (Lipinski definition) is 0. The van der Waals surface area contributed by atoms with Crippen LogP contribution in [0.4, 0.5) is 0 Å². The molecule has 5 aromatic rings. The van der Waals surface area contributed by atoms with Crippen LogP contribution < -0.4 is 0 Å². The number of ether oxygens (including phenoxy) is 4. The van der Waals surface area contributed by atoms with Gasteiger partial charge in [-0.05, 0) is 44.8 Å². The van der Waals surface area contributed by atoms with E-state index < -0.39 is 23.9 Å². The van der Waals surface area contributed by atoms with E-state index in [1.165, 1.54) is 28.4 Å². The lowest BCUT2D eigenvalue weighted by Crippen LogP contribution is -2.15. The van der Waals surface area contributed by atoms with Gasteiger partial charge in [0.15, 0.2) is 0 Å². The number of methoxy groups -OCH3 is 4. The molecule has 0 aromatic heterocycles. The second-order valence-corrected chi connectivity index (χ2v) is 9.30. The minimum absolute atomic E-state index is 0.0128. The van der Waals surface area contributed by atoms with Gasteiger partial charge in [0.25, 0.3) is 0 Å². The van der Waals surface area contributed by atoms with E-state index in [0.717, 1.165) is 0 Å². The Morgan fingerprint density at radius 2 is 0.762 bits per heavy atom. The summed E-state index contributed by atoms with van der Waals surface area (Å²) in [5.41, 5.74) is 2.31. The van der Waals surface area contributed by atoms with Crippen molar-refractivity contribution in [3.63, 3.8) is 0 Å². The minimum Gasteiger partial charge on any atom is -0.465 e. The van der Waals surface area contributed by atoms with Crippen molar-refractivity contribution in [1.82, 2.24) is 0 Å². The zero-order valence-corrected chi connectivity index (χ0v) is 23.3. The third-order valence-corrected chi connectivity index (χ3v) is 7.16. The molecule has 0 spiro atoms. The summed E-state index contributed by atoms with van der Waals surface area (Å²) >= 11 is 0. The van der Waals surface area contributed by atoms with Gasteiger partial charge in [-0.3, -0.25) is 0 Å². The molecule has 5 aromatic carbocycles. The molecule has 0 saturated heterocycles. The lowest BCUT2D eigenvalue weighted by molar-refractivity contribution is 0.0556. The zero-order chi connectivity index (χ0) is 30.0. The van der Waals surface area contributed by atoms with Crippen molar-refractivity contribution in [2.45, 2.75) is 0 Å². The van der Waals surface area contributed by atoms with E-state index in [2.05, 4.69) is 0 Å². The second kappa shape index (κ2) is 11.5. The van der Waals surface area contributed by atoms with Crippen molar-refractivity contribution >= 4 is 45.4 Å². The molecule has 8 heteroatoms.